The molecule has 1 aliphatic carbocycles. The summed E-state index contributed by atoms with van der Waals surface area (Å²) in [6.07, 6.45) is 4.93. The molecule has 0 radical (unpaired) electrons. The van der Waals surface area contributed by atoms with Crippen molar-refractivity contribution < 1.29 is 4.79 Å². The minimum Gasteiger partial charge on any atom is -0.311 e. The second-order valence-electron chi connectivity index (χ2n) is 6.20. The highest BCUT2D eigenvalue weighted by molar-refractivity contribution is 6.30. The number of benzene rings is 1. The van der Waals surface area contributed by atoms with Crippen molar-refractivity contribution in [2.45, 2.75) is 18.8 Å². The lowest BCUT2D eigenvalue weighted by Crippen LogP contribution is -2.33. The van der Waals surface area contributed by atoms with Crippen LogP contribution >= 0.6 is 11.6 Å². The number of carbonyl (C=O) groups excluding carboxylic acids is 1. The predicted molar refractivity (Wildman–Crippen MR) is 95.2 cm³/mol. The van der Waals surface area contributed by atoms with E-state index < -0.39 is 0 Å². The smallest absolute Gasteiger partial charge is 0.228 e. The molecule has 0 saturated heterocycles. The molecule has 3 aromatic rings. The Morgan fingerprint density at radius 2 is 1.96 bits per heavy atom. The molecule has 0 aliphatic heterocycles. The molecule has 126 valence electrons. The highest BCUT2D eigenvalue weighted by Crippen LogP contribution is 2.42. The normalized spacial score (nSPS) is 19.2. The van der Waals surface area contributed by atoms with Crippen LogP contribution in [0.25, 0.3) is 11.3 Å². The SMILES string of the molecule is O=C(Nc1cc(-c2ccnnc2)n[nH]1)[C@H]1C[C@H](c2ccc(Cl)cc2)C1. The zero-order chi connectivity index (χ0) is 17.2. The van der Waals surface area contributed by atoms with E-state index >= 15 is 0 Å². The average Bonchev–Trinajstić information content (AvgIpc) is 3.04. The van der Waals surface area contributed by atoms with Crippen molar-refractivity contribution in [2.24, 2.45) is 5.92 Å². The Morgan fingerprint density at radius 1 is 1.16 bits per heavy atom. The lowest BCUT2D eigenvalue weighted by Gasteiger charge is -2.34. The number of aromatic nitrogens is 4. The van der Waals surface area contributed by atoms with Gasteiger partial charge in [-0.3, -0.25) is 9.89 Å². The number of nitrogens with zero attached hydrogens (tertiary/aromatic N) is 3. The van der Waals surface area contributed by atoms with Gasteiger partial charge < -0.3 is 5.32 Å². The summed E-state index contributed by atoms with van der Waals surface area (Å²) >= 11 is 5.91. The molecule has 2 N–H and O–H groups in total. The summed E-state index contributed by atoms with van der Waals surface area (Å²) in [5, 5.41) is 18.2. The van der Waals surface area contributed by atoms with Crippen molar-refractivity contribution in [3.05, 3.63) is 59.4 Å². The third kappa shape index (κ3) is 3.39. The molecule has 0 atom stereocenters. The third-order valence-electron chi connectivity index (χ3n) is 4.57. The average molecular weight is 354 g/mol. The fraction of sp³-hybridized carbons (Fsp3) is 0.222. The summed E-state index contributed by atoms with van der Waals surface area (Å²) in [5.41, 5.74) is 2.80. The first kappa shape index (κ1) is 15.8. The lowest BCUT2D eigenvalue weighted by atomic mass is 9.71. The van der Waals surface area contributed by atoms with E-state index in [-0.39, 0.29) is 11.8 Å². The number of carbonyl (C=O) groups is 1. The van der Waals surface area contributed by atoms with Gasteiger partial charge in [-0.15, -0.1) is 0 Å². The van der Waals surface area contributed by atoms with Crippen molar-refractivity contribution >= 4 is 23.3 Å². The van der Waals surface area contributed by atoms with E-state index in [1.165, 1.54) is 5.56 Å². The van der Waals surface area contributed by atoms with Crippen molar-refractivity contribution in [1.29, 1.82) is 0 Å². The maximum absolute atomic E-state index is 12.4. The topological polar surface area (TPSA) is 83.6 Å². The minimum absolute atomic E-state index is 0.0215. The number of nitrogens with one attached hydrogen (secondary N) is 2. The predicted octanol–water partition coefficient (Wildman–Crippen LogP) is 3.65. The zero-order valence-corrected chi connectivity index (χ0v) is 14.1. The van der Waals surface area contributed by atoms with Crippen LogP contribution in [0.15, 0.2) is 48.8 Å². The Morgan fingerprint density at radius 3 is 2.68 bits per heavy atom. The van der Waals surface area contributed by atoms with E-state index in [0.717, 1.165) is 29.1 Å². The van der Waals surface area contributed by atoms with Crippen LogP contribution in [0.3, 0.4) is 0 Å². The van der Waals surface area contributed by atoms with Gasteiger partial charge >= 0.3 is 0 Å². The van der Waals surface area contributed by atoms with E-state index in [1.54, 1.807) is 18.5 Å². The van der Waals surface area contributed by atoms with Crippen LogP contribution in [0.4, 0.5) is 5.82 Å². The Kier molecular flexibility index (Phi) is 4.19. The Hall–Kier alpha value is -2.73. The third-order valence-corrected chi connectivity index (χ3v) is 4.82. The summed E-state index contributed by atoms with van der Waals surface area (Å²) < 4.78 is 0. The number of amides is 1. The van der Waals surface area contributed by atoms with Crippen LogP contribution in [0.1, 0.15) is 24.3 Å². The fourth-order valence-electron chi connectivity index (χ4n) is 3.05. The number of anilines is 1. The Balaban J connectivity index is 1.34. The molecule has 1 aromatic carbocycles. The molecule has 0 bridgehead atoms. The van der Waals surface area contributed by atoms with Gasteiger partial charge in [0.1, 0.15) is 5.82 Å². The maximum Gasteiger partial charge on any atom is 0.228 e. The molecule has 1 aliphatic rings. The van der Waals surface area contributed by atoms with Crippen LogP contribution in [0.5, 0.6) is 0 Å². The number of H-pyrrole nitrogens is 1. The van der Waals surface area contributed by atoms with Crippen molar-refractivity contribution in [1.82, 2.24) is 20.4 Å². The molecular formula is C18H16ClN5O. The molecule has 4 rings (SSSR count). The van der Waals surface area contributed by atoms with Crippen molar-refractivity contribution in [3.63, 3.8) is 0 Å². The molecule has 2 heterocycles. The first-order chi connectivity index (χ1) is 12.2. The maximum atomic E-state index is 12.4. The van der Waals surface area contributed by atoms with Gasteiger partial charge in [-0.1, -0.05) is 23.7 Å². The first-order valence-electron chi connectivity index (χ1n) is 8.08. The highest BCUT2D eigenvalue weighted by atomic mass is 35.5. The molecule has 1 amide bonds. The van der Waals surface area contributed by atoms with Gasteiger partial charge in [0.15, 0.2) is 0 Å². The van der Waals surface area contributed by atoms with Gasteiger partial charge in [-0.25, -0.2) is 0 Å². The summed E-state index contributed by atoms with van der Waals surface area (Å²) in [7, 11) is 0. The van der Waals surface area contributed by atoms with Crippen LogP contribution in [0.2, 0.25) is 5.02 Å². The molecule has 7 heteroatoms. The van der Waals surface area contributed by atoms with Crippen molar-refractivity contribution in [2.75, 3.05) is 5.32 Å². The van der Waals surface area contributed by atoms with E-state index in [2.05, 4.69) is 25.7 Å². The molecule has 2 aromatic heterocycles. The Labute approximate surface area is 149 Å². The van der Waals surface area contributed by atoms with Gasteiger partial charge in [-0.2, -0.15) is 15.3 Å². The molecule has 1 saturated carbocycles. The molecule has 6 nitrogen and oxygen atoms in total. The van der Waals surface area contributed by atoms with Crippen LogP contribution < -0.4 is 5.32 Å². The fourth-order valence-corrected chi connectivity index (χ4v) is 3.18. The largest absolute Gasteiger partial charge is 0.311 e. The minimum atomic E-state index is 0.0215. The van der Waals surface area contributed by atoms with Gasteiger partial charge in [0.05, 0.1) is 18.1 Å². The van der Waals surface area contributed by atoms with Crippen LogP contribution in [0, 0.1) is 5.92 Å². The number of hydrogen-bond acceptors (Lipinski definition) is 4. The summed E-state index contributed by atoms with van der Waals surface area (Å²) in [4.78, 5) is 12.4. The van der Waals surface area contributed by atoms with E-state index in [1.807, 2.05) is 30.3 Å². The van der Waals surface area contributed by atoms with Gasteiger partial charge in [0.2, 0.25) is 5.91 Å². The number of aromatic amines is 1. The molecule has 0 spiro atoms. The quantitative estimate of drug-likeness (QED) is 0.749. The monoisotopic (exact) mass is 353 g/mol. The molecular weight excluding hydrogens is 338 g/mol. The second-order valence-corrected chi connectivity index (χ2v) is 6.64. The number of halogens is 1. The first-order valence-corrected chi connectivity index (χ1v) is 8.45. The highest BCUT2D eigenvalue weighted by Gasteiger charge is 2.35. The van der Waals surface area contributed by atoms with E-state index in [9.17, 15) is 4.79 Å². The van der Waals surface area contributed by atoms with Crippen molar-refractivity contribution in [3.8, 4) is 11.3 Å². The lowest BCUT2D eigenvalue weighted by molar-refractivity contribution is -0.122. The van der Waals surface area contributed by atoms with Gasteiger partial charge in [-0.05, 0) is 42.5 Å². The van der Waals surface area contributed by atoms with Crippen LogP contribution in [-0.2, 0) is 4.79 Å². The van der Waals surface area contributed by atoms with Crippen LogP contribution in [-0.4, -0.2) is 26.3 Å². The molecule has 1 fully saturated rings. The zero-order valence-electron chi connectivity index (χ0n) is 13.3. The standard InChI is InChI=1S/C18H16ClN5O/c19-15-3-1-11(2-4-15)13-7-14(8-13)18(25)22-17-9-16(23-24-17)12-5-6-20-21-10-12/h1-6,9-10,13-14H,7-8H2,(H2,22,23,24,25)/t13-,14-. The molecule has 0 unspecified atom stereocenters. The molecule has 25 heavy (non-hydrogen) atoms. The van der Waals surface area contributed by atoms with Gasteiger partial charge in [0.25, 0.3) is 0 Å². The van der Waals surface area contributed by atoms with E-state index in [0.29, 0.717) is 11.7 Å². The number of hydrogen-bond donors (Lipinski definition) is 2. The second kappa shape index (κ2) is 6.64. The number of rotatable bonds is 4. The summed E-state index contributed by atoms with van der Waals surface area (Å²) in [6, 6.07) is 11.5. The van der Waals surface area contributed by atoms with E-state index in [4.69, 9.17) is 11.6 Å². The van der Waals surface area contributed by atoms with Gasteiger partial charge in [0, 0.05) is 22.6 Å². The Bertz CT molecular complexity index is 872. The summed E-state index contributed by atoms with van der Waals surface area (Å²) in [6.45, 7) is 0. The summed E-state index contributed by atoms with van der Waals surface area (Å²) in [5.74, 6) is 1.06.